The van der Waals surface area contributed by atoms with Crippen LogP contribution in [0.15, 0.2) is 24.3 Å². The lowest BCUT2D eigenvalue weighted by Crippen LogP contribution is -1.92. The van der Waals surface area contributed by atoms with E-state index in [-0.39, 0.29) is 5.92 Å². The van der Waals surface area contributed by atoms with Gasteiger partial charge in [-0.05, 0) is 24.0 Å². The molecule has 55 valence electrons. The maximum Gasteiger partial charge on any atom is 0.127 e. The molecule has 0 aliphatic heterocycles. The minimum Gasteiger partial charge on any atom is -0.303 e. The Morgan fingerprint density at radius 2 is 2.18 bits per heavy atom. The summed E-state index contributed by atoms with van der Waals surface area (Å²) in [6, 6.07) is 8.06. The number of aldehydes is 1. The normalized spacial score (nSPS) is 21.3. The van der Waals surface area contributed by atoms with Crippen molar-refractivity contribution >= 4 is 6.29 Å². The number of benzene rings is 1. The quantitative estimate of drug-likeness (QED) is 0.552. The molecule has 1 aromatic carbocycles. The highest BCUT2D eigenvalue weighted by Crippen LogP contribution is 2.32. The van der Waals surface area contributed by atoms with Gasteiger partial charge in [-0.15, -0.1) is 0 Å². The van der Waals surface area contributed by atoms with Crippen LogP contribution in [0.4, 0.5) is 0 Å². The van der Waals surface area contributed by atoms with Crippen molar-refractivity contribution < 1.29 is 4.79 Å². The predicted octanol–water partition coefficient (Wildman–Crippen LogP) is 1.93. The fourth-order valence-electron chi connectivity index (χ4n) is 1.54. The summed E-state index contributed by atoms with van der Waals surface area (Å²) >= 11 is 0. The molecule has 1 aromatic rings. The summed E-state index contributed by atoms with van der Waals surface area (Å²) in [4.78, 5) is 10.5. The fourth-order valence-corrected chi connectivity index (χ4v) is 1.54. The highest BCUT2D eigenvalue weighted by Gasteiger charge is 2.20. The van der Waals surface area contributed by atoms with E-state index in [0.29, 0.717) is 0 Å². The summed E-state index contributed by atoms with van der Waals surface area (Å²) < 4.78 is 0. The second-order valence-corrected chi connectivity index (χ2v) is 2.81. The van der Waals surface area contributed by atoms with E-state index in [4.69, 9.17) is 0 Å². The standard InChI is InChI=1S/C10H9O/c11-7-9-6-5-8-3-1-2-4-10(8)9/h1-5,7,9H,6H2. The van der Waals surface area contributed by atoms with Crippen molar-refractivity contribution in [2.24, 2.45) is 0 Å². The summed E-state index contributed by atoms with van der Waals surface area (Å²) in [6.07, 6.45) is 4.03. The maximum atomic E-state index is 10.5. The molecule has 1 radical (unpaired) electrons. The Hall–Kier alpha value is -1.11. The molecule has 0 fully saturated rings. The van der Waals surface area contributed by atoms with Gasteiger partial charge in [-0.2, -0.15) is 0 Å². The monoisotopic (exact) mass is 145 g/mol. The first-order valence-electron chi connectivity index (χ1n) is 3.79. The van der Waals surface area contributed by atoms with E-state index < -0.39 is 0 Å². The van der Waals surface area contributed by atoms with Gasteiger partial charge in [0.15, 0.2) is 0 Å². The zero-order valence-corrected chi connectivity index (χ0v) is 6.16. The number of hydrogen-bond donors (Lipinski definition) is 0. The SMILES string of the molecule is O=CC1C[CH]c2ccccc21. The summed E-state index contributed by atoms with van der Waals surface area (Å²) in [5.41, 5.74) is 2.41. The van der Waals surface area contributed by atoms with Gasteiger partial charge < -0.3 is 4.79 Å². The topological polar surface area (TPSA) is 17.1 Å². The highest BCUT2D eigenvalue weighted by molar-refractivity contribution is 5.66. The molecule has 0 bridgehead atoms. The van der Waals surface area contributed by atoms with Gasteiger partial charge in [0.05, 0.1) is 0 Å². The zero-order valence-electron chi connectivity index (χ0n) is 6.16. The number of rotatable bonds is 1. The van der Waals surface area contributed by atoms with Gasteiger partial charge in [-0.1, -0.05) is 24.3 Å². The van der Waals surface area contributed by atoms with Gasteiger partial charge in [0.2, 0.25) is 0 Å². The third-order valence-corrected chi connectivity index (χ3v) is 2.15. The molecule has 0 saturated heterocycles. The lowest BCUT2D eigenvalue weighted by Gasteiger charge is -2.00. The van der Waals surface area contributed by atoms with Gasteiger partial charge in [0.1, 0.15) is 6.29 Å². The van der Waals surface area contributed by atoms with Crippen LogP contribution in [0.2, 0.25) is 0 Å². The average molecular weight is 145 g/mol. The van der Waals surface area contributed by atoms with Crippen molar-refractivity contribution in [2.75, 3.05) is 0 Å². The van der Waals surface area contributed by atoms with E-state index in [2.05, 4.69) is 12.5 Å². The Labute approximate surface area is 66.0 Å². The minimum absolute atomic E-state index is 0.117. The molecule has 0 saturated carbocycles. The molecule has 0 aromatic heterocycles. The molecule has 1 unspecified atom stereocenters. The molecule has 0 heterocycles. The van der Waals surface area contributed by atoms with Gasteiger partial charge in [0, 0.05) is 5.92 Å². The lowest BCUT2D eigenvalue weighted by atomic mass is 10.0. The van der Waals surface area contributed by atoms with Crippen LogP contribution in [0.25, 0.3) is 0 Å². The third-order valence-electron chi connectivity index (χ3n) is 2.15. The van der Waals surface area contributed by atoms with Gasteiger partial charge in [-0.25, -0.2) is 0 Å². The molecule has 1 atom stereocenters. The van der Waals surface area contributed by atoms with Gasteiger partial charge in [-0.3, -0.25) is 0 Å². The van der Waals surface area contributed by atoms with Crippen LogP contribution in [-0.2, 0) is 4.79 Å². The molecule has 1 nitrogen and oxygen atoms in total. The minimum atomic E-state index is 0.117. The van der Waals surface area contributed by atoms with Crippen molar-refractivity contribution in [1.82, 2.24) is 0 Å². The van der Waals surface area contributed by atoms with Crippen molar-refractivity contribution in [3.63, 3.8) is 0 Å². The molecule has 1 aliphatic carbocycles. The summed E-state index contributed by atoms with van der Waals surface area (Å²) in [5, 5.41) is 0. The summed E-state index contributed by atoms with van der Waals surface area (Å²) in [6.45, 7) is 0. The van der Waals surface area contributed by atoms with E-state index in [1.165, 1.54) is 11.1 Å². The Kier molecular flexibility index (Phi) is 1.50. The molecule has 1 heteroatoms. The number of fused-ring (bicyclic) bond motifs is 1. The summed E-state index contributed by atoms with van der Waals surface area (Å²) in [7, 11) is 0. The number of carbonyl (C=O) groups excluding carboxylic acids is 1. The number of hydrogen-bond acceptors (Lipinski definition) is 1. The van der Waals surface area contributed by atoms with Crippen LogP contribution < -0.4 is 0 Å². The Morgan fingerprint density at radius 3 is 3.00 bits per heavy atom. The van der Waals surface area contributed by atoms with Crippen LogP contribution in [-0.4, -0.2) is 6.29 Å². The maximum absolute atomic E-state index is 10.5. The molecule has 2 rings (SSSR count). The molecular formula is C10H9O. The van der Waals surface area contributed by atoms with Crippen molar-refractivity contribution in [3.8, 4) is 0 Å². The molecule has 0 amide bonds. The second-order valence-electron chi connectivity index (χ2n) is 2.81. The zero-order chi connectivity index (χ0) is 7.68. The fraction of sp³-hybridized carbons (Fsp3) is 0.200. The molecular weight excluding hydrogens is 136 g/mol. The van der Waals surface area contributed by atoms with E-state index in [1.54, 1.807) is 0 Å². The van der Waals surface area contributed by atoms with Crippen LogP contribution in [0.5, 0.6) is 0 Å². The van der Waals surface area contributed by atoms with Crippen molar-refractivity contribution in [1.29, 1.82) is 0 Å². The van der Waals surface area contributed by atoms with Gasteiger partial charge >= 0.3 is 0 Å². The van der Waals surface area contributed by atoms with Crippen molar-refractivity contribution in [2.45, 2.75) is 12.3 Å². The molecule has 0 N–H and O–H groups in total. The molecule has 11 heavy (non-hydrogen) atoms. The van der Waals surface area contributed by atoms with Crippen LogP contribution in [0, 0.1) is 6.42 Å². The van der Waals surface area contributed by atoms with Gasteiger partial charge in [0.25, 0.3) is 0 Å². The Morgan fingerprint density at radius 1 is 1.36 bits per heavy atom. The van der Waals surface area contributed by atoms with Crippen LogP contribution in [0.1, 0.15) is 23.5 Å². The largest absolute Gasteiger partial charge is 0.303 e. The van der Waals surface area contributed by atoms with E-state index >= 15 is 0 Å². The number of carbonyl (C=O) groups is 1. The predicted molar refractivity (Wildman–Crippen MR) is 43.3 cm³/mol. The Bertz CT molecular complexity index is 278. The summed E-state index contributed by atoms with van der Waals surface area (Å²) in [5.74, 6) is 0.117. The lowest BCUT2D eigenvalue weighted by molar-refractivity contribution is -0.108. The first-order valence-corrected chi connectivity index (χ1v) is 3.79. The Balaban J connectivity index is 2.46. The molecule has 1 aliphatic rings. The van der Waals surface area contributed by atoms with E-state index in [0.717, 1.165) is 12.7 Å². The first-order chi connectivity index (χ1) is 5.42. The second kappa shape index (κ2) is 2.50. The molecule has 0 spiro atoms. The van der Waals surface area contributed by atoms with Crippen LogP contribution in [0.3, 0.4) is 0 Å². The third kappa shape index (κ3) is 0.967. The van der Waals surface area contributed by atoms with E-state index in [1.807, 2.05) is 18.2 Å². The smallest absolute Gasteiger partial charge is 0.127 e. The first kappa shape index (κ1) is 6.59. The average Bonchev–Trinajstić information content (AvgIpc) is 2.47. The van der Waals surface area contributed by atoms with E-state index in [9.17, 15) is 4.79 Å². The highest BCUT2D eigenvalue weighted by atomic mass is 16.1. The van der Waals surface area contributed by atoms with Crippen molar-refractivity contribution in [3.05, 3.63) is 41.8 Å². The van der Waals surface area contributed by atoms with Crippen LogP contribution >= 0.6 is 0 Å².